The van der Waals surface area contributed by atoms with Crippen molar-refractivity contribution in [3.8, 4) is 5.75 Å². The van der Waals surface area contributed by atoms with Gasteiger partial charge in [0, 0.05) is 0 Å². The fourth-order valence-corrected chi connectivity index (χ4v) is 1.12. The first-order valence-electron chi connectivity index (χ1n) is 4.45. The van der Waals surface area contributed by atoms with Crippen LogP contribution in [0.2, 0.25) is 0 Å². The molecular formula is C12H14FO. The van der Waals surface area contributed by atoms with Crippen LogP contribution in [0.5, 0.6) is 5.75 Å². The molecule has 0 amide bonds. The largest absolute Gasteiger partial charge is 0.484 e. The van der Waals surface area contributed by atoms with Crippen molar-refractivity contribution in [2.45, 2.75) is 19.4 Å². The maximum absolute atomic E-state index is 12.6. The number of halogens is 1. The Kier molecular flexibility index (Phi) is 3.28. The second-order valence-corrected chi connectivity index (χ2v) is 3.56. The van der Waals surface area contributed by atoms with Crippen LogP contribution >= 0.6 is 0 Å². The van der Waals surface area contributed by atoms with Crippen molar-refractivity contribution in [2.24, 2.45) is 0 Å². The van der Waals surface area contributed by atoms with Gasteiger partial charge >= 0.3 is 0 Å². The Hall–Kier alpha value is -1.31. The van der Waals surface area contributed by atoms with Crippen molar-refractivity contribution in [3.63, 3.8) is 0 Å². The Bertz CT molecular complexity index is 312. The molecule has 2 heteroatoms. The van der Waals surface area contributed by atoms with Crippen LogP contribution < -0.4 is 4.74 Å². The summed E-state index contributed by atoms with van der Waals surface area (Å²) in [4.78, 5) is 0. The zero-order chi connectivity index (χ0) is 10.6. The van der Waals surface area contributed by atoms with Crippen molar-refractivity contribution in [1.82, 2.24) is 0 Å². The van der Waals surface area contributed by atoms with Crippen molar-refractivity contribution >= 4 is 0 Å². The summed E-state index contributed by atoms with van der Waals surface area (Å²) in [6.07, 6.45) is 3.53. The Morgan fingerprint density at radius 2 is 1.86 bits per heavy atom. The van der Waals surface area contributed by atoms with Crippen LogP contribution in [0.1, 0.15) is 13.8 Å². The topological polar surface area (TPSA) is 9.23 Å². The molecule has 0 bridgehead atoms. The second kappa shape index (κ2) is 4.27. The van der Waals surface area contributed by atoms with E-state index in [0.717, 1.165) is 0 Å². The lowest BCUT2D eigenvalue weighted by Crippen LogP contribution is -2.24. The minimum absolute atomic E-state index is 0.261. The van der Waals surface area contributed by atoms with Crippen molar-refractivity contribution in [2.75, 3.05) is 0 Å². The number of ether oxygens (including phenoxy) is 1. The Labute approximate surface area is 84.2 Å². The van der Waals surface area contributed by atoms with Gasteiger partial charge in [-0.2, -0.15) is 0 Å². The van der Waals surface area contributed by atoms with Crippen LogP contribution in [0.25, 0.3) is 0 Å². The van der Waals surface area contributed by atoms with Crippen LogP contribution in [0.4, 0.5) is 4.39 Å². The Morgan fingerprint density at radius 3 is 2.36 bits per heavy atom. The molecule has 1 rings (SSSR count). The van der Waals surface area contributed by atoms with E-state index in [0.29, 0.717) is 5.75 Å². The minimum atomic E-state index is -0.417. The summed E-state index contributed by atoms with van der Waals surface area (Å²) < 4.78 is 18.2. The quantitative estimate of drug-likeness (QED) is 0.715. The summed E-state index contributed by atoms with van der Waals surface area (Å²) in [5.41, 5.74) is -0.417. The van der Waals surface area contributed by atoms with Crippen LogP contribution in [0, 0.1) is 12.7 Å². The number of allylic oxidation sites excluding steroid dienone is 1. The van der Waals surface area contributed by atoms with Gasteiger partial charge in [0.25, 0.3) is 0 Å². The fourth-order valence-electron chi connectivity index (χ4n) is 1.12. The van der Waals surface area contributed by atoms with E-state index in [1.54, 1.807) is 18.2 Å². The lowest BCUT2D eigenvalue weighted by molar-refractivity contribution is 0.162. The van der Waals surface area contributed by atoms with E-state index < -0.39 is 5.60 Å². The molecule has 0 aromatic heterocycles. The summed E-state index contributed by atoms with van der Waals surface area (Å²) in [5.74, 6) is 0.386. The highest BCUT2D eigenvalue weighted by molar-refractivity contribution is 5.23. The number of hydrogen-bond acceptors (Lipinski definition) is 1. The number of hydrogen-bond donors (Lipinski definition) is 0. The van der Waals surface area contributed by atoms with Gasteiger partial charge in [0.15, 0.2) is 0 Å². The zero-order valence-corrected chi connectivity index (χ0v) is 8.46. The highest BCUT2D eigenvalue weighted by Crippen LogP contribution is 2.19. The lowest BCUT2D eigenvalue weighted by atomic mass is 10.1. The first-order chi connectivity index (χ1) is 6.53. The molecule has 0 N–H and O–H groups in total. The minimum Gasteiger partial charge on any atom is -0.484 e. The third kappa shape index (κ3) is 3.21. The van der Waals surface area contributed by atoms with Gasteiger partial charge in [-0.25, -0.2) is 4.39 Å². The van der Waals surface area contributed by atoms with Gasteiger partial charge in [-0.15, -0.1) is 0 Å². The van der Waals surface area contributed by atoms with Gasteiger partial charge in [-0.05, 0) is 51.1 Å². The van der Waals surface area contributed by atoms with Crippen molar-refractivity contribution < 1.29 is 9.13 Å². The average Bonchev–Trinajstić information content (AvgIpc) is 2.08. The molecule has 1 nitrogen and oxygen atoms in total. The lowest BCUT2D eigenvalue weighted by Gasteiger charge is -2.22. The molecule has 1 radical (unpaired) electrons. The summed E-state index contributed by atoms with van der Waals surface area (Å²) in [7, 11) is 0. The molecule has 0 aliphatic heterocycles. The van der Waals surface area contributed by atoms with Gasteiger partial charge < -0.3 is 4.74 Å². The molecule has 14 heavy (non-hydrogen) atoms. The maximum Gasteiger partial charge on any atom is 0.123 e. The highest BCUT2D eigenvalue weighted by atomic mass is 19.1. The molecule has 0 aliphatic carbocycles. The third-order valence-corrected chi connectivity index (χ3v) is 1.71. The first-order valence-corrected chi connectivity index (χ1v) is 4.45. The van der Waals surface area contributed by atoms with Crippen molar-refractivity contribution in [3.05, 3.63) is 49.2 Å². The summed E-state index contributed by atoms with van der Waals surface area (Å²) in [5, 5.41) is 0. The molecule has 0 fully saturated rings. The van der Waals surface area contributed by atoms with Gasteiger partial charge in [-0.1, -0.05) is 6.08 Å². The smallest absolute Gasteiger partial charge is 0.123 e. The molecule has 0 atom stereocenters. The molecule has 0 saturated heterocycles. The fraction of sp³-hybridized carbons (Fsp3) is 0.250. The monoisotopic (exact) mass is 193 g/mol. The second-order valence-electron chi connectivity index (χ2n) is 3.56. The molecule has 0 heterocycles. The standard InChI is InChI=1S/C12H14FO/c1-4-9-12(2,3)14-11-7-5-10(13)6-8-11/h4-9H,1H2,2-3H3. The van der Waals surface area contributed by atoms with Crippen LogP contribution in [-0.4, -0.2) is 5.60 Å². The molecular weight excluding hydrogens is 179 g/mol. The number of benzene rings is 1. The van der Waals surface area contributed by atoms with E-state index in [2.05, 4.69) is 6.92 Å². The third-order valence-electron chi connectivity index (χ3n) is 1.71. The van der Waals surface area contributed by atoms with Gasteiger partial charge in [0.1, 0.15) is 17.2 Å². The maximum atomic E-state index is 12.6. The van der Waals surface area contributed by atoms with Crippen LogP contribution in [0.15, 0.2) is 36.4 Å². The zero-order valence-electron chi connectivity index (χ0n) is 8.46. The van der Waals surface area contributed by atoms with Crippen LogP contribution in [0.3, 0.4) is 0 Å². The summed E-state index contributed by atoms with van der Waals surface area (Å²) >= 11 is 0. The van der Waals surface area contributed by atoms with E-state index in [4.69, 9.17) is 4.74 Å². The summed E-state index contributed by atoms with van der Waals surface area (Å²) in [6.45, 7) is 7.44. The SMILES string of the molecule is [CH2]C=CC(C)(C)Oc1ccc(F)cc1. The highest BCUT2D eigenvalue weighted by Gasteiger charge is 2.14. The molecule has 0 unspecified atom stereocenters. The van der Waals surface area contributed by atoms with E-state index in [1.807, 2.05) is 19.9 Å². The Balaban J connectivity index is 2.73. The predicted molar refractivity (Wildman–Crippen MR) is 55.6 cm³/mol. The molecule has 1 aromatic carbocycles. The molecule has 0 spiro atoms. The average molecular weight is 193 g/mol. The van der Waals surface area contributed by atoms with E-state index in [1.165, 1.54) is 12.1 Å². The van der Waals surface area contributed by atoms with Crippen LogP contribution in [-0.2, 0) is 0 Å². The Morgan fingerprint density at radius 1 is 1.29 bits per heavy atom. The van der Waals surface area contributed by atoms with E-state index in [9.17, 15) is 4.39 Å². The normalized spacial score (nSPS) is 12.0. The molecule has 0 aliphatic rings. The van der Waals surface area contributed by atoms with Crippen molar-refractivity contribution in [1.29, 1.82) is 0 Å². The predicted octanol–water partition coefficient (Wildman–Crippen LogP) is 3.37. The first kappa shape index (κ1) is 10.8. The van der Waals surface area contributed by atoms with Gasteiger partial charge in [0.05, 0.1) is 0 Å². The number of rotatable bonds is 3. The molecule has 1 aromatic rings. The molecule has 75 valence electrons. The molecule has 0 saturated carbocycles. The van der Waals surface area contributed by atoms with E-state index in [-0.39, 0.29) is 5.82 Å². The summed E-state index contributed by atoms with van der Waals surface area (Å²) in [6, 6.07) is 5.96. The van der Waals surface area contributed by atoms with E-state index >= 15 is 0 Å². The van der Waals surface area contributed by atoms with Gasteiger partial charge in [-0.3, -0.25) is 0 Å². The van der Waals surface area contributed by atoms with Gasteiger partial charge in [0.2, 0.25) is 0 Å².